The molecular weight excluding hydrogens is 202 g/mol. The average molecular weight is 215 g/mol. The highest BCUT2D eigenvalue weighted by Crippen LogP contribution is 2.11. The van der Waals surface area contributed by atoms with E-state index in [1.165, 1.54) is 0 Å². The van der Waals surface area contributed by atoms with Gasteiger partial charge in [0.05, 0.1) is 19.3 Å². The molecule has 0 fully saturated rings. The Hall–Kier alpha value is -2.10. The summed E-state index contributed by atoms with van der Waals surface area (Å²) in [4.78, 5) is 8.46. The highest BCUT2D eigenvalue weighted by Gasteiger charge is 1.97. The number of methoxy groups -OCH3 is 1. The van der Waals surface area contributed by atoms with Gasteiger partial charge in [0.15, 0.2) is 0 Å². The van der Waals surface area contributed by atoms with Crippen molar-refractivity contribution in [3.8, 4) is 5.88 Å². The van der Waals surface area contributed by atoms with Gasteiger partial charge in [-0.1, -0.05) is 12.1 Å². The van der Waals surface area contributed by atoms with Crippen LogP contribution >= 0.6 is 0 Å². The number of pyridine rings is 2. The van der Waals surface area contributed by atoms with Crippen LogP contribution in [0.2, 0.25) is 0 Å². The fourth-order valence-electron chi connectivity index (χ4n) is 1.31. The van der Waals surface area contributed by atoms with Crippen LogP contribution in [-0.4, -0.2) is 17.1 Å². The summed E-state index contributed by atoms with van der Waals surface area (Å²) >= 11 is 0. The van der Waals surface area contributed by atoms with Crippen molar-refractivity contribution in [1.82, 2.24) is 9.97 Å². The van der Waals surface area contributed by atoms with E-state index in [2.05, 4.69) is 15.3 Å². The molecule has 0 amide bonds. The number of ether oxygens (including phenoxy) is 1. The van der Waals surface area contributed by atoms with Crippen LogP contribution in [-0.2, 0) is 6.54 Å². The van der Waals surface area contributed by atoms with E-state index in [1.807, 2.05) is 36.4 Å². The lowest BCUT2D eigenvalue weighted by molar-refractivity contribution is 0.398. The van der Waals surface area contributed by atoms with E-state index in [0.717, 1.165) is 11.5 Å². The van der Waals surface area contributed by atoms with Crippen molar-refractivity contribution in [3.63, 3.8) is 0 Å². The molecule has 0 saturated heterocycles. The molecule has 0 aliphatic heterocycles. The SMILES string of the molecule is COc1cccc(NCc2ccccn2)n1. The second-order valence-corrected chi connectivity index (χ2v) is 3.24. The van der Waals surface area contributed by atoms with Crippen molar-refractivity contribution in [2.75, 3.05) is 12.4 Å². The lowest BCUT2D eigenvalue weighted by Gasteiger charge is -2.06. The Bertz CT molecular complexity index is 445. The summed E-state index contributed by atoms with van der Waals surface area (Å²) in [6.07, 6.45) is 1.77. The van der Waals surface area contributed by atoms with Crippen molar-refractivity contribution in [2.24, 2.45) is 0 Å². The Labute approximate surface area is 94.3 Å². The van der Waals surface area contributed by atoms with E-state index in [0.29, 0.717) is 12.4 Å². The molecule has 4 nitrogen and oxygen atoms in total. The van der Waals surface area contributed by atoms with Crippen molar-refractivity contribution < 1.29 is 4.74 Å². The Morgan fingerprint density at radius 1 is 1.19 bits per heavy atom. The molecule has 0 spiro atoms. The van der Waals surface area contributed by atoms with Gasteiger partial charge in [-0.3, -0.25) is 4.98 Å². The minimum atomic E-state index is 0.603. The highest BCUT2D eigenvalue weighted by molar-refractivity contribution is 5.37. The maximum absolute atomic E-state index is 5.04. The molecule has 16 heavy (non-hydrogen) atoms. The molecule has 0 aliphatic rings. The van der Waals surface area contributed by atoms with Gasteiger partial charge in [-0.2, -0.15) is 4.98 Å². The van der Waals surface area contributed by atoms with E-state index in [9.17, 15) is 0 Å². The molecule has 2 rings (SSSR count). The zero-order chi connectivity index (χ0) is 11.2. The second-order valence-electron chi connectivity index (χ2n) is 3.24. The molecule has 0 radical (unpaired) electrons. The second kappa shape index (κ2) is 5.11. The van der Waals surface area contributed by atoms with Gasteiger partial charge in [-0.05, 0) is 18.2 Å². The fourth-order valence-corrected chi connectivity index (χ4v) is 1.31. The van der Waals surface area contributed by atoms with E-state index in [-0.39, 0.29) is 0 Å². The summed E-state index contributed by atoms with van der Waals surface area (Å²) < 4.78 is 5.04. The molecule has 0 unspecified atom stereocenters. The Morgan fingerprint density at radius 2 is 2.12 bits per heavy atom. The molecule has 0 saturated carbocycles. The first kappa shape index (κ1) is 10.4. The van der Waals surface area contributed by atoms with E-state index < -0.39 is 0 Å². The lowest BCUT2D eigenvalue weighted by atomic mass is 10.3. The fraction of sp³-hybridized carbons (Fsp3) is 0.167. The molecule has 1 N–H and O–H groups in total. The topological polar surface area (TPSA) is 47.0 Å². The van der Waals surface area contributed by atoms with Crippen LogP contribution in [0.5, 0.6) is 5.88 Å². The molecule has 0 aliphatic carbocycles. The monoisotopic (exact) mass is 215 g/mol. The molecule has 2 aromatic heterocycles. The quantitative estimate of drug-likeness (QED) is 0.848. The van der Waals surface area contributed by atoms with Gasteiger partial charge in [0, 0.05) is 12.3 Å². The Balaban J connectivity index is 1.99. The van der Waals surface area contributed by atoms with Crippen LogP contribution < -0.4 is 10.1 Å². The minimum Gasteiger partial charge on any atom is -0.481 e. The normalized spacial score (nSPS) is 9.81. The first-order chi connectivity index (χ1) is 7.88. The predicted molar refractivity (Wildman–Crippen MR) is 62.4 cm³/mol. The molecule has 4 heteroatoms. The van der Waals surface area contributed by atoms with Crippen LogP contribution in [0, 0.1) is 0 Å². The van der Waals surface area contributed by atoms with Crippen LogP contribution in [0.3, 0.4) is 0 Å². The Morgan fingerprint density at radius 3 is 2.88 bits per heavy atom. The number of hydrogen-bond acceptors (Lipinski definition) is 4. The van der Waals surface area contributed by atoms with Gasteiger partial charge in [0.25, 0.3) is 0 Å². The Kier molecular flexibility index (Phi) is 3.33. The van der Waals surface area contributed by atoms with Crippen LogP contribution in [0.15, 0.2) is 42.6 Å². The largest absolute Gasteiger partial charge is 0.481 e. The zero-order valence-corrected chi connectivity index (χ0v) is 9.05. The highest BCUT2D eigenvalue weighted by atomic mass is 16.5. The number of hydrogen-bond donors (Lipinski definition) is 1. The molecule has 2 heterocycles. The van der Waals surface area contributed by atoms with Crippen LogP contribution in [0.1, 0.15) is 5.69 Å². The number of nitrogens with one attached hydrogen (secondary N) is 1. The van der Waals surface area contributed by atoms with Crippen molar-refractivity contribution in [1.29, 1.82) is 0 Å². The maximum atomic E-state index is 5.04. The number of anilines is 1. The lowest BCUT2D eigenvalue weighted by Crippen LogP contribution is -2.03. The third-order valence-corrected chi connectivity index (χ3v) is 2.11. The molecule has 0 atom stereocenters. The number of aromatic nitrogens is 2. The van der Waals surface area contributed by atoms with Gasteiger partial charge in [-0.15, -0.1) is 0 Å². The molecule has 0 aromatic carbocycles. The third-order valence-electron chi connectivity index (χ3n) is 2.11. The first-order valence-electron chi connectivity index (χ1n) is 5.03. The number of nitrogens with zero attached hydrogens (tertiary/aromatic N) is 2. The maximum Gasteiger partial charge on any atom is 0.214 e. The minimum absolute atomic E-state index is 0.603. The smallest absolute Gasteiger partial charge is 0.214 e. The van der Waals surface area contributed by atoms with Gasteiger partial charge in [0.1, 0.15) is 5.82 Å². The van der Waals surface area contributed by atoms with Crippen molar-refractivity contribution in [2.45, 2.75) is 6.54 Å². The molecule has 0 bridgehead atoms. The summed E-state index contributed by atoms with van der Waals surface area (Å²) in [7, 11) is 1.60. The van der Waals surface area contributed by atoms with Crippen molar-refractivity contribution >= 4 is 5.82 Å². The van der Waals surface area contributed by atoms with Gasteiger partial charge in [-0.25, -0.2) is 0 Å². The summed E-state index contributed by atoms with van der Waals surface area (Å²) in [6, 6.07) is 11.4. The van der Waals surface area contributed by atoms with Crippen molar-refractivity contribution in [3.05, 3.63) is 48.3 Å². The average Bonchev–Trinajstić information content (AvgIpc) is 2.38. The van der Waals surface area contributed by atoms with Crippen LogP contribution in [0.4, 0.5) is 5.82 Å². The van der Waals surface area contributed by atoms with Crippen LogP contribution in [0.25, 0.3) is 0 Å². The molecule has 82 valence electrons. The van der Waals surface area contributed by atoms with Gasteiger partial charge < -0.3 is 10.1 Å². The van der Waals surface area contributed by atoms with E-state index >= 15 is 0 Å². The summed E-state index contributed by atoms with van der Waals surface area (Å²) in [5.41, 5.74) is 0.979. The van der Waals surface area contributed by atoms with E-state index in [1.54, 1.807) is 13.3 Å². The molecular formula is C12H13N3O. The number of rotatable bonds is 4. The van der Waals surface area contributed by atoms with E-state index in [4.69, 9.17) is 4.74 Å². The van der Waals surface area contributed by atoms with Gasteiger partial charge in [0.2, 0.25) is 5.88 Å². The first-order valence-corrected chi connectivity index (χ1v) is 5.03. The summed E-state index contributed by atoms with van der Waals surface area (Å²) in [6.45, 7) is 0.654. The molecule has 2 aromatic rings. The summed E-state index contributed by atoms with van der Waals surface area (Å²) in [5, 5.41) is 3.18. The zero-order valence-electron chi connectivity index (χ0n) is 9.05. The standard InChI is InChI=1S/C12H13N3O/c1-16-12-7-4-6-11(15-12)14-9-10-5-2-3-8-13-10/h2-8H,9H2,1H3,(H,14,15). The van der Waals surface area contributed by atoms with Gasteiger partial charge >= 0.3 is 0 Å². The summed E-state index contributed by atoms with van der Waals surface area (Å²) in [5.74, 6) is 1.39. The third kappa shape index (κ3) is 2.70. The predicted octanol–water partition coefficient (Wildman–Crippen LogP) is 2.10.